The van der Waals surface area contributed by atoms with E-state index in [4.69, 9.17) is 0 Å². The number of halogens is 1. The van der Waals surface area contributed by atoms with E-state index in [1.807, 2.05) is 34.9 Å². The first kappa shape index (κ1) is 16.7. The van der Waals surface area contributed by atoms with Crippen molar-refractivity contribution >= 4 is 11.6 Å². The number of nitrogens with zero attached hydrogens (tertiary/aromatic N) is 2. The molecule has 1 heterocycles. The molecule has 1 atom stereocenters. The van der Waals surface area contributed by atoms with Crippen LogP contribution in [0.5, 0.6) is 0 Å². The molecule has 0 aliphatic carbocycles. The number of aryl methyl sites for hydroxylation is 2. The lowest BCUT2D eigenvalue weighted by Crippen LogP contribution is -2.55. The Kier molecular flexibility index (Phi) is 4.67. The first-order valence-electron chi connectivity index (χ1n) is 8.33. The lowest BCUT2D eigenvalue weighted by atomic mass is 10.1. The molecule has 0 N–H and O–H groups in total. The van der Waals surface area contributed by atoms with Gasteiger partial charge in [-0.15, -0.1) is 0 Å². The maximum atomic E-state index is 13.9. The van der Waals surface area contributed by atoms with Crippen LogP contribution in [0.2, 0.25) is 0 Å². The van der Waals surface area contributed by atoms with Gasteiger partial charge in [-0.3, -0.25) is 9.69 Å². The number of benzene rings is 2. The summed E-state index contributed by atoms with van der Waals surface area (Å²) in [6.07, 6.45) is 0. The maximum Gasteiger partial charge on any atom is 0.244 e. The summed E-state index contributed by atoms with van der Waals surface area (Å²) in [5.41, 5.74) is 3.98. The molecule has 1 aliphatic rings. The van der Waals surface area contributed by atoms with Gasteiger partial charge >= 0.3 is 0 Å². The number of amides is 1. The van der Waals surface area contributed by atoms with Gasteiger partial charge in [0.2, 0.25) is 5.91 Å². The van der Waals surface area contributed by atoms with Crippen molar-refractivity contribution in [3.8, 4) is 0 Å². The molecule has 3 nitrogen and oxygen atoms in total. The summed E-state index contributed by atoms with van der Waals surface area (Å²) in [5, 5.41) is 0. The van der Waals surface area contributed by atoms with Gasteiger partial charge < -0.3 is 4.90 Å². The average molecular weight is 326 g/mol. The minimum atomic E-state index is -0.264. The highest BCUT2D eigenvalue weighted by Gasteiger charge is 2.32. The zero-order chi connectivity index (χ0) is 17.3. The van der Waals surface area contributed by atoms with Gasteiger partial charge in [-0.2, -0.15) is 0 Å². The van der Waals surface area contributed by atoms with Crippen LogP contribution in [0.4, 0.5) is 10.1 Å². The van der Waals surface area contributed by atoms with Crippen molar-refractivity contribution in [1.29, 1.82) is 0 Å². The van der Waals surface area contributed by atoms with Gasteiger partial charge in [0.25, 0.3) is 0 Å². The minimum Gasteiger partial charge on any atom is -0.310 e. The summed E-state index contributed by atoms with van der Waals surface area (Å²) >= 11 is 0. The predicted octanol–water partition coefficient (Wildman–Crippen LogP) is 3.68. The van der Waals surface area contributed by atoms with E-state index in [1.54, 1.807) is 12.1 Å². The normalized spacial score (nSPS) is 18.9. The summed E-state index contributed by atoms with van der Waals surface area (Å²) in [6, 6.07) is 12.6. The van der Waals surface area contributed by atoms with E-state index in [0.29, 0.717) is 18.7 Å². The molecule has 1 fully saturated rings. The van der Waals surface area contributed by atoms with Gasteiger partial charge in [-0.1, -0.05) is 24.3 Å². The first-order valence-corrected chi connectivity index (χ1v) is 8.33. The van der Waals surface area contributed by atoms with Crippen LogP contribution in [-0.2, 0) is 11.3 Å². The van der Waals surface area contributed by atoms with Crippen LogP contribution in [0, 0.1) is 19.7 Å². The third-order valence-electron chi connectivity index (χ3n) is 4.92. The minimum absolute atomic E-state index is 0.0702. The van der Waals surface area contributed by atoms with Crippen LogP contribution in [0.3, 0.4) is 0 Å². The SMILES string of the molecule is Cc1ccc(N2CCN(Cc3ccccc3F)C(C)C2=O)cc1C. The molecular weight excluding hydrogens is 303 g/mol. The third kappa shape index (κ3) is 3.20. The number of carbonyl (C=O) groups excluding carboxylic acids is 1. The quantitative estimate of drug-likeness (QED) is 0.859. The zero-order valence-corrected chi connectivity index (χ0v) is 14.4. The number of rotatable bonds is 3. The van der Waals surface area contributed by atoms with Crippen LogP contribution in [0.25, 0.3) is 0 Å². The van der Waals surface area contributed by atoms with Crippen molar-refractivity contribution in [2.75, 3.05) is 18.0 Å². The van der Waals surface area contributed by atoms with Crippen molar-refractivity contribution in [3.05, 3.63) is 65.0 Å². The Balaban J connectivity index is 1.76. The summed E-state index contributed by atoms with van der Waals surface area (Å²) in [4.78, 5) is 16.7. The van der Waals surface area contributed by atoms with Crippen molar-refractivity contribution in [2.24, 2.45) is 0 Å². The molecule has 0 bridgehead atoms. The second-order valence-electron chi connectivity index (χ2n) is 6.50. The van der Waals surface area contributed by atoms with Gasteiger partial charge in [-0.25, -0.2) is 4.39 Å². The molecule has 1 amide bonds. The van der Waals surface area contributed by atoms with Gasteiger partial charge in [0, 0.05) is 30.9 Å². The fraction of sp³-hybridized carbons (Fsp3) is 0.350. The Hall–Kier alpha value is -2.20. The summed E-state index contributed by atoms with van der Waals surface area (Å²) < 4.78 is 13.9. The highest BCUT2D eigenvalue weighted by atomic mass is 19.1. The molecule has 0 radical (unpaired) electrons. The molecule has 2 aromatic carbocycles. The zero-order valence-electron chi connectivity index (χ0n) is 14.4. The van der Waals surface area contributed by atoms with Crippen molar-refractivity contribution in [2.45, 2.75) is 33.4 Å². The standard InChI is InChI=1S/C20H23FN2O/c1-14-8-9-18(12-15(14)2)23-11-10-22(16(3)20(23)24)13-17-6-4-5-7-19(17)21/h4-9,12,16H,10-11,13H2,1-3H3. The summed E-state index contributed by atoms with van der Waals surface area (Å²) in [5.74, 6) is -0.144. The fourth-order valence-electron chi connectivity index (χ4n) is 3.13. The molecule has 2 aromatic rings. The summed E-state index contributed by atoms with van der Waals surface area (Å²) in [6.45, 7) is 7.84. The smallest absolute Gasteiger partial charge is 0.244 e. The number of carbonyl (C=O) groups is 1. The Morgan fingerprint density at radius 1 is 1.08 bits per heavy atom. The van der Waals surface area contributed by atoms with E-state index in [0.717, 1.165) is 12.2 Å². The Labute approximate surface area is 142 Å². The monoisotopic (exact) mass is 326 g/mol. The number of hydrogen-bond donors (Lipinski definition) is 0. The summed E-state index contributed by atoms with van der Waals surface area (Å²) in [7, 11) is 0. The highest BCUT2D eigenvalue weighted by molar-refractivity contribution is 5.97. The number of piperazine rings is 1. The molecule has 0 aromatic heterocycles. The molecule has 4 heteroatoms. The van der Waals surface area contributed by atoms with Crippen LogP contribution in [0.1, 0.15) is 23.6 Å². The second kappa shape index (κ2) is 6.73. The maximum absolute atomic E-state index is 13.9. The van der Waals surface area contributed by atoms with Gasteiger partial charge in [0.15, 0.2) is 0 Å². The molecule has 0 spiro atoms. The van der Waals surface area contributed by atoms with Crippen LogP contribution < -0.4 is 4.90 Å². The number of hydrogen-bond acceptors (Lipinski definition) is 2. The highest BCUT2D eigenvalue weighted by Crippen LogP contribution is 2.24. The van der Waals surface area contributed by atoms with E-state index in [2.05, 4.69) is 19.9 Å². The fourth-order valence-corrected chi connectivity index (χ4v) is 3.13. The Bertz CT molecular complexity index is 759. The van der Waals surface area contributed by atoms with E-state index < -0.39 is 0 Å². The van der Waals surface area contributed by atoms with E-state index in [9.17, 15) is 9.18 Å². The average Bonchev–Trinajstić information content (AvgIpc) is 2.57. The molecule has 1 aliphatic heterocycles. The number of anilines is 1. The van der Waals surface area contributed by atoms with Crippen LogP contribution >= 0.6 is 0 Å². The molecule has 3 rings (SSSR count). The van der Waals surface area contributed by atoms with E-state index in [1.165, 1.54) is 17.2 Å². The lowest BCUT2D eigenvalue weighted by molar-refractivity contribution is -0.125. The molecule has 24 heavy (non-hydrogen) atoms. The van der Waals surface area contributed by atoms with Crippen LogP contribution in [-0.4, -0.2) is 29.9 Å². The predicted molar refractivity (Wildman–Crippen MR) is 94.5 cm³/mol. The van der Waals surface area contributed by atoms with Gasteiger partial charge in [0.1, 0.15) is 5.82 Å². The van der Waals surface area contributed by atoms with Crippen LogP contribution in [0.15, 0.2) is 42.5 Å². The van der Waals surface area contributed by atoms with E-state index in [-0.39, 0.29) is 17.8 Å². The largest absolute Gasteiger partial charge is 0.310 e. The van der Waals surface area contributed by atoms with Gasteiger partial charge in [-0.05, 0) is 50.1 Å². The first-order chi connectivity index (χ1) is 11.5. The van der Waals surface area contributed by atoms with Crippen molar-refractivity contribution in [1.82, 2.24) is 4.90 Å². The second-order valence-corrected chi connectivity index (χ2v) is 6.50. The third-order valence-corrected chi connectivity index (χ3v) is 4.92. The topological polar surface area (TPSA) is 23.6 Å². The molecule has 0 saturated carbocycles. The van der Waals surface area contributed by atoms with Gasteiger partial charge in [0.05, 0.1) is 6.04 Å². The Morgan fingerprint density at radius 3 is 2.54 bits per heavy atom. The lowest BCUT2D eigenvalue weighted by Gasteiger charge is -2.39. The molecule has 1 saturated heterocycles. The van der Waals surface area contributed by atoms with E-state index >= 15 is 0 Å². The van der Waals surface area contributed by atoms with Crippen molar-refractivity contribution < 1.29 is 9.18 Å². The molecule has 126 valence electrons. The molecule has 1 unspecified atom stereocenters. The Morgan fingerprint density at radius 2 is 1.83 bits per heavy atom. The molecular formula is C20H23FN2O. The van der Waals surface area contributed by atoms with Crippen molar-refractivity contribution in [3.63, 3.8) is 0 Å².